The molecular weight excluding hydrogens is 418 g/mol. The van der Waals surface area contributed by atoms with Crippen LogP contribution >= 0.6 is 15.9 Å². The van der Waals surface area contributed by atoms with E-state index in [-0.39, 0.29) is 5.91 Å². The van der Waals surface area contributed by atoms with Crippen LogP contribution in [0.15, 0.2) is 83.3 Å². The highest BCUT2D eigenvalue weighted by Crippen LogP contribution is 2.29. The third-order valence-corrected chi connectivity index (χ3v) is 4.44. The van der Waals surface area contributed by atoms with Gasteiger partial charge in [0.15, 0.2) is 11.5 Å². The van der Waals surface area contributed by atoms with Crippen molar-refractivity contribution in [1.29, 1.82) is 0 Å². The molecule has 3 aromatic carbocycles. The van der Waals surface area contributed by atoms with Crippen molar-refractivity contribution in [3.05, 3.63) is 94.5 Å². The number of carbonyl (C=O) groups is 1. The van der Waals surface area contributed by atoms with E-state index in [9.17, 15) is 4.79 Å². The van der Waals surface area contributed by atoms with Crippen LogP contribution in [0.5, 0.6) is 11.5 Å². The van der Waals surface area contributed by atoms with Gasteiger partial charge in [-0.05, 0) is 47.5 Å². The average molecular weight is 438 g/mol. The fourth-order valence-corrected chi connectivity index (χ4v) is 2.96. The molecule has 0 fully saturated rings. The summed E-state index contributed by atoms with van der Waals surface area (Å²) in [5.41, 5.74) is 2.65. The van der Waals surface area contributed by atoms with E-state index in [1.807, 2.05) is 72.8 Å². The summed E-state index contributed by atoms with van der Waals surface area (Å²) in [6.07, 6.45) is 3.22. The van der Waals surface area contributed by atoms with Crippen LogP contribution in [0, 0.1) is 0 Å². The number of nitrogens with one attached hydrogen (secondary N) is 1. The molecule has 3 rings (SSSR count). The zero-order valence-corrected chi connectivity index (χ0v) is 17.0. The second-order valence-corrected chi connectivity index (χ2v) is 6.93. The summed E-state index contributed by atoms with van der Waals surface area (Å²) in [7, 11) is 1.60. The van der Waals surface area contributed by atoms with E-state index in [1.54, 1.807) is 13.2 Å². The van der Waals surface area contributed by atoms with Gasteiger partial charge in [-0.15, -0.1) is 0 Å². The molecular formula is C23H20BrNO3. The quantitative estimate of drug-likeness (QED) is 0.483. The Kier molecular flexibility index (Phi) is 6.87. The second-order valence-electron chi connectivity index (χ2n) is 6.02. The van der Waals surface area contributed by atoms with Crippen molar-refractivity contribution in [2.45, 2.75) is 6.61 Å². The molecule has 5 heteroatoms. The molecule has 1 amide bonds. The first-order valence-corrected chi connectivity index (χ1v) is 9.53. The number of hydrogen-bond acceptors (Lipinski definition) is 3. The van der Waals surface area contributed by atoms with Gasteiger partial charge < -0.3 is 14.8 Å². The van der Waals surface area contributed by atoms with Crippen molar-refractivity contribution in [3.63, 3.8) is 0 Å². The molecule has 3 aromatic rings. The lowest BCUT2D eigenvalue weighted by Gasteiger charge is -2.11. The maximum absolute atomic E-state index is 12.1. The molecule has 0 atom stereocenters. The van der Waals surface area contributed by atoms with Gasteiger partial charge in [0.25, 0.3) is 0 Å². The third-order valence-electron chi connectivity index (χ3n) is 3.94. The largest absolute Gasteiger partial charge is 0.493 e. The summed E-state index contributed by atoms with van der Waals surface area (Å²) >= 11 is 3.38. The van der Waals surface area contributed by atoms with Crippen LogP contribution in [0.2, 0.25) is 0 Å². The number of carbonyl (C=O) groups excluding carboxylic acids is 1. The number of rotatable bonds is 7. The Balaban J connectivity index is 1.64. The predicted octanol–water partition coefficient (Wildman–Crippen LogP) is 5.69. The Morgan fingerprint density at radius 3 is 2.57 bits per heavy atom. The minimum absolute atomic E-state index is 0.207. The Morgan fingerprint density at radius 1 is 1.00 bits per heavy atom. The average Bonchev–Trinajstić information content (AvgIpc) is 2.71. The number of hydrogen-bond donors (Lipinski definition) is 1. The lowest BCUT2D eigenvalue weighted by Crippen LogP contribution is -2.07. The molecule has 0 bridgehead atoms. The van der Waals surface area contributed by atoms with Crippen LogP contribution in [0.25, 0.3) is 6.08 Å². The first-order chi connectivity index (χ1) is 13.6. The van der Waals surface area contributed by atoms with Gasteiger partial charge in [0, 0.05) is 16.2 Å². The minimum Gasteiger partial charge on any atom is -0.493 e. The zero-order valence-electron chi connectivity index (χ0n) is 15.4. The number of benzene rings is 3. The molecule has 0 aliphatic rings. The van der Waals surface area contributed by atoms with Crippen LogP contribution in [0.1, 0.15) is 11.1 Å². The number of ether oxygens (including phenoxy) is 2. The van der Waals surface area contributed by atoms with Crippen molar-refractivity contribution in [2.24, 2.45) is 0 Å². The van der Waals surface area contributed by atoms with E-state index in [0.717, 1.165) is 21.3 Å². The minimum atomic E-state index is -0.207. The molecule has 0 saturated carbocycles. The van der Waals surface area contributed by atoms with Gasteiger partial charge in [0.1, 0.15) is 6.61 Å². The number of amides is 1. The molecule has 0 aromatic heterocycles. The fraction of sp³-hybridized carbons (Fsp3) is 0.0870. The summed E-state index contributed by atoms with van der Waals surface area (Å²) in [5.74, 6) is 1.06. The lowest BCUT2D eigenvalue weighted by molar-refractivity contribution is -0.111. The van der Waals surface area contributed by atoms with Gasteiger partial charge in [0.05, 0.1) is 7.11 Å². The third kappa shape index (κ3) is 5.72. The van der Waals surface area contributed by atoms with E-state index < -0.39 is 0 Å². The fourth-order valence-electron chi connectivity index (χ4n) is 2.56. The van der Waals surface area contributed by atoms with Crippen LogP contribution in [-0.4, -0.2) is 13.0 Å². The molecule has 0 radical (unpaired) electrons. The predicted molar refractivity (Wildman–Crippen MR) is 116 cm³/mol. The van der Waals surface area contributed by atoms with E-state index >= 15 is 0 Å². The molecule has 4 nitrogen and oxygen atoms in total. The highest BCUT2D eigenvalue weighted by atomic mass is 79.9. The van der Waals surface area contributed by atoms with Crippen LogP contribution < -0.4 is 14.8 Å². The molecule has 1 N–H and O–H groups in total. The molecule has 0 aliphatic carbocycles. The molecule has 142 valence electrons. The van der Waals surface area contributed by atoms with Crippen LogP contribution in [-0.2, 0) is 11.4 Å². The lowest BCUT2D eigenvalue weighted by atomic mass is 10.2. The van der Waals surface area contributed by atoms with Crippen molar-refractivity contribution >= 4 is 33.6 Å². The summed E-state index contributed by atoms with van der Waals surface area (Å²) in [6, 6.07) is 22.9. The van der Waals surface area contributed by atoms with E-state index in [0.29, 0.717) is 18.1 Å². The summed E-state index contributed by atoms with van der Waals surface area (Å²) in [6.45, 7) is 0.460. The normalized spacial score (nSPS) is 10.6. The van der Waals surface area contributed by atoms with Gasteiger partial charge >= 0.3 is 0 Å². The monoisotopic (exact) mass is 437 g/mol. The Hall–Kier alpha value is -3.05. The van der Waals surface area contributed by atoms with Gasteiger partial charge in [-0.2, -0.15) is 0 Å². The standard InChI is InChI=1S/C23H20BrNO3/c1-27-22-14-17(10-12-21(22)28-16-18-6-3-2-4-7-18)11-13-23(26)25-20-9-5-8-19(24)15-20/h2-15H,16H2,1H3,(H,25,26). The van der Waals surface area contributed by atoms with Crippen LogP contribution in [0.3, 0.4) is 0 Å². The molecule has 28 heavy (non-hydrogen) atoms. The summed E-state index contributed by atoms with van der Waals surface area (Å²) in [4.78, 5) is 12.1. The zero-order chi connectivity index (χ0) is 19.8. The number of halogens is 1. The van der Waals surface area contributed by atoms with E-state index in [1.165, 1.54) is 6.08 Å². The van der Waals surface area contributed by atoms with Gasteiger partial charge in [0.2, 0.25) is 5.91 Å². The topological polar surface area (TPSA) is 47.6 Å². The van der Waals surface area contributed by atoms with E-state index in [2.05, 4.69) is 21.2 Å². The maximum Gasteiger partial charge on any atom is 0.248 e. The summed E-state index contributed by atoms with van der Waals surface area (Å²) in [5, 5.41) is 2.82. The van der Waals surface area contributed by atoms with Gasteiger partial charge in [-0.3, -0.25) is 4.79 Å². The Labute approximate surface area is 172 Å². The molecule has 0 aliphatic heterocycles. The molecule has 0 spiro atoms. The Bertz CT molecular complexity index is 971. The van der Waals surface area contributed by atoms with Crippen molar-refractivity contribution in [3.8, 4) is 11.5 Å². The SMILES string of the molecule is COc1cc(C=CC(=O)Nc2cccc(Br)c2)ccc1OCc1ccccc1. The highest BCUT2D eigenvalue weighted by molar-refractivity contribution is 9.10. The van der Waals surface area contributed by atoms with Crippen molar-refractivity contribution < 1.29 is 14.3 Å². The second kappa shape index (κ2) is 9.76. The maximum atomic E-state index is 12.1. The van der Waals surface area contributed by atoms with Crippen LogP contribution in [0.4, 0.5) is 5.69 Å². The highest BCUT2D eigenvalue weighted by Gasteiger charge is 2.06. The van der Waals surface area contributed by atoms with Crippen molar-refractivity contribution in [1.82, 2.24) is 0 Å². The van der Waals surface area contributed by atoms with E-state index in [4.69, 9.17) is 9.47 Å². The number of methoxy groups -OCH3 is 1. The van der Waals surface area contributed by atoms with Gasteiger partial charge in [-0.1, -0.05) is 58.4 Å². The molecule has 0 unspecified atom stereocenters. The van der Waals surface area contributed by atoms with Gasteiger partial charge in [-0.25, -0.2) is 0 Å². The molecule has 0 heterocycles. The number of anilines is 1. The van der Waals surface area contributed by atoms with Crippen molar-refractivity contribution in [2.75, 3.05) is 12.4 Å². The summed E-state index contributed by atoms with van der Waals surface area (Å²) < 4.78 is 12.2. The first kappa shape index (κ1) is 19.7. The first-order valence-electron chi connectivity index (χ1n) is 8.73. The molecule has 0 saturated heterocycles. The Morgan fingerprint density at radius 2 is 1.82 bits per heavy atom. The smallest absolute Gasteiger partial charge is 0.248 e.